The van der Waals surface area contributed by atoms with Crippen molar-refractivity contribution in [3.63, 3.8) is 0 Å². The van der Waals surface area contributed by atoms with Crippen molar-refractivity contribution in [3.8, 4) is 0 Å². The summed E-state index contributed by atoms with van der Waals surface area (Å²) in [6.07, 6.45) is 2.84. The van der Waals surface area contributed by atoms with Crippen LogP contribution < -0.4 is 5.73 Å². The first kappa shape index (κ1) is 13.6. The predicted molar refractivity (Wildman–Crippen MR) is 57.3 cm³/mol. The van der Waals surface area contributed by atoms with E-state index in [4.69, 9.17) is 10.8 Å². The van der Waals surface area contributed by atoms with E-state index in [2.05, 4.69) is 6.58 Å². The second-order valence-electron chi connectivity index (χ2n) is 3.30. The van der Waals surface area contributed by atoms with E-state index in [0.29, 0.717) is 6.42 Å². The Kier molecular flexibility index (Phi) is 6.37. The van der Waals surface area contributed by atoms with Crippen molar-refractivity contribution in [1.29, 1.82) is 0 Å². The second-order valence-corrected chi connectivity index (χ2v) is 3.30. The summed E-state index contributed by atoms with van der Waals surface area (Å²) in [5.41, 5.74) is 5.62. The molecule has 86 valence electrons. The van der Waals surface area contributed by atoms with Crippen molar-refractivity contribution in [2.24, 2.45) is 5.73 Å². The van der Waals surface area contributed by atoms with E-state index in [0.717, 1.165) is 6.42 Å². The topological polar surface area (TPSA) is 83.6 Å². The largest absolute Gasteiger partial charge is 0.480 e. The summed E-state index contributed by atoms with van der Waals surface area (Å²) in [4.78, 5) is 23.3. The van der Waals surface area contributed by atoms with Crippen molar-refractivity contribution in [2.75, 3.05) is 13.1 Å². The molecular weight excluding hydrogens is 196 g/mol. The molecule has 0 heterocycles. The van der Waals surface area contributed by atoms with Crippen LogP contribution in [0.1, 0.15) is 19.8 Å². The van der Waals surface area contributed by atoms with Gasteiger partial charge in [-0.15, -0.1) is 6.58 Å². The third kappa shape index (κ3) is 5.17. The van der Waals surface area contributed by atoms with E-state index in [-0.39, 0.29) is 19.0 Å². The predicted octanol–water partition coefficient (Wildman–Crippen LogP) is 0.213. The van der Waals surface area contributed by atoms with Gasteiger partial charge in [-0.3, -0.25) is 9.59 Å². The number of hydrogen-bond acceptors (Lipinski definition) is 3. The number of carboxylic acid groups (broad SMARTS) is 1. The van der Waals surface area contributed by atoms with Gasteiger partial charge in [0.1, 0.15) is 6.54 Å². The highest BCUT2D eigenvalue weighted by Gasteiger charge is 2.20. The van der Waals surface area contributed by atoms with Gasteiger partial charge in [0.05, 0.1) is 6.04 Å². The number of nitrogens with two attached hydrogens (primary N) is 1. The second kappa shape index (κ2) is 7.00. The molecule has 0 aromatic heterocycles. The van der Waals surface area contributed by atoms with Crippen LogP contribution in [0.3, 0.4) is 0 Å². The van der Waals surface area contributed by atoms with Crippen LogP contribution in [0, 0.1) is 0 Å². The smallest absolute Gasteiger partial charge is 0.323 e. The van der Waals surface area contributed by atoms with Crippen LogP contribution in [0.15, 0.2) is 12.7 Å². The Morgan fingerprint density at radius 1 is 1.60 bits per heavy atom. The van der Waals surface area contributed by atoms with E-state index in [9.17, 15) is 9.59 Å². The van der Waals surface area contributed by atoms with Gasteiger partial charge in [0, 0.05) is 6.54 Å². The SMILES string of the molecule is C=CCN(CC(=O)O)C(=O)[C@@H](N)CCC. The average molecular weight is 214 g/mol. The van der Waals surface area contributed by atoms with Crippen LogP contribution in [0.25, 0.3) is 0 Å². The Hall–Kier alpha value is -1.36. The molecule has 5 heteroatoms. The van der Waals surface area contributed by atoms with Crippen LogP contribution in [-0.4, -0.2) is 41.0 Å². The molecular formula is C10H18N2O3. The lowest BCUT2D eigenvalue weighted by molar-refractivity contribution is -0.144. The summed E-state index contributed by atoms with van der Waals surface area (Å²) in [6, 6.07) is -0.616. The molecule has 0 radical (unpaired) electrons. The minimum atomic E-state index is -1.05. The van der Waals surface area contributed by atoms with Gasteiger partial charge in [-0.25, -0.2) is 0 Å². The standard InChI is InChI=1S/C10H18N2O3/c1-3-5-8(11)10(15)12(6-4-2)7-9(13)14/h4,8H,2-3,5-7,11H2,1H3,(H,13,14)/t8-/m0/s1. The van der Waals surface area contributed by atoms with Crippen molar-refractivity contribution in [3.05, 3.63) is 12.7 Å². The summed E-state index contributed by atoms with van der Waals surface area (Å²) in [5.74, 6) is -1.38. The third-order valence-corrected chi connectivity index (χ3v) is 1.90. The highest BCUT2D eigenvalue weighted by molar-refractivity contribution is 5.85. The van der Waals surface area contributed by atoms with Gasteiger partial charge in [-0.1, -0.05) is 19.4 Å². The third-order valence-electron chi connectivity index (χ3n) is 1.90. The van der Waals surface area contributed by atoms with Gasteiger partial charge in [0.2, 0.25) is 5.91 Å². The number of aliphatic carboxylic acids is 1. The zero-order valence-electron chi connectivity index (χ0n) is 8.98. The minimum Gasteiger partial charge on any atom is -0.480 e. The fourth-order valence-corrected chi connectivity index (χ4v) is 1.22. The molecule has 5 nitrogen and oxygen atoms in total. The van der Waals surface area contributed by atoms with Gasteiger partial charge < -0.3 is 15.7 Å². The van der Waals surface area contributed by atoms with Gasteiger partial charge in [-0.05, 0) is 6.42 Å². The molecule has 0 aliphatic heterocycles. The van der Waals surface area contributed by atoms with Crippen LogP contribution >= 0.6 is 0 Å². The van der Waals surface area contributed by atoms with Gasteiger partial charge in [0.15, 0.2) is 0 Å². The van der Waals surface area contributed by atoms with Crippen molar-refractivity contribution >= 4 is 11.9 Å². The van der Waals surface area contributed by atoms with E-state index in [1.54, 1.807) is 0 Å². The maximum absolute atomic E-state index is 11.6. The fourth-order valence-electron chi connectivity index (χ4n) is 1.22. The molecule has 0 aromatic carbocycles. The zero-order chi connectivity index (χ0) is 11.8. The summed E-state index contributed by atoms with van der Waals surface area (Å²) in [5, 5.41) is 8.60. The first-order chi connectivity index (χ1) is 7.02. The Morgan fingerprint density at radius 3 is 2.60 bits per heavy atom. The molecule has 0 fully saturated rings. The highest BCUT2D eigenvalue weighted by Crippen LogP contribution is 2.00. The van der Waals surface area contributed by atoms with E-state index in [1.807, 2.05) is 6.92 Å². The van der Waals surface area contributed by atoms with E-state index in [1.165, 1.54) is 11.0 Å². The number of hydrogen-bond donors (Lipinski definition) is 2. The summed E-state index contributed by atoms with van der Waals surface area (Å²) < 4.78 is 0. The lowest BCUT2D eigenvalue weighted by atomic mass is 10.1. The molecule has 0 saturated heterocycles. The Bertz CT molecular complexity index is 241. The summed E-state index contributed by atoms with van der Waals surface area (Å²) in [7, 11) is 0. The van der Waals surface area contributed by atoms with Crippen molar-refractivity contribution in [2.45, 2.75) is 25.8 Å². The Morgan fingerprint density at radius 2 is 2.20 bits per heavy atom. The van der Waals surface area contributed by atoms with Crippen molar-refractivity contribution in [1.82, 2.24) is 4.90 Å². The Labute approximate surface area is 89.6 Å². The summed E-state index contributed by atoms with van der Waals surface area (Å²) >= 11 is 0. The maximum atomic E-state index is 11.6. The van der Waals surface area contributed by atoms with Gasteiger partial charge in [-0.2, -0.15) is 0 Å². The number of carbonyl (C=O) groups is 2. The molecule has 0 bridgehead atoms. The number of amides is 1. The van der Waals surface area contributed by atoms with Crippen LogP contribution in [-0.2, 0) is 9.59 Å². The lowest BCUT2D eigenvalue weighted by Crippen LogP contribution is -2.45. The molecule has 1 atom stereocenters. The number of carbonyl (C=O) groups excluding carboxylic acids is 1. The van der Waals surface area contributed by atoms with E-state index >= 15 is 0 Å². The molecule has 0 aliphatic rings. The fraction of sp³-hybridized carbons (Fsp3) is 0.600. The molecule has 0 spiro atoms. The quantitative estimate of drug-likeness (QED) is 0.593. The molecule has 3 N–H and O–H groups in total. The van der Waals surface area contributed by atoms with Crippen LogP contribution in [0.4, 0.5) is 0 Å². The Balaban J connectivity index is 4.39. The molecule has 0 aromatic rings. The molecule has 1 amide bonds. The molecule has 0 aliphatic carbocycles. The monoisotopic (exact) mass is 214 g/mol. The maximum Gasteiger partial charge on any atom is 0.323 e. The van der Waals surface area contributed by atoms with Gasteiger partial charge >= 0.3 is 5.97 Å². The first-order valence-electron chi connectivity index (χ1n) is 4.90. The normalized spacial score (nSPS) is 11.9. The average Bonchev–Trinajstić information content (AvgIpc) is 2.16. The number of rotatable bonds is 7. The molecule has 15 heavy (non-hydrogen) atoms. The summed E-state index contributed by atoms with van der Waals surface area (Å²) in [6.45, 7) is 5.27. The lowest BCUT2D eigenvalue weighted by Gasteiger charge is -2.22. The molecule has 0 unspecified atom stereocenters. The van der Waals surface area contributed by atoms with E-state index < -0.39 is 12.0 Å². The van der Waals surface area contributed by atoms with Gasteiger partial charge in [0.25, 0.3) is 0 Å². The highest BCUT2D eigenvalue weighted by atomic mass is 16.4. The van der Waals surface area contributed by atoms with Crippen LogP contribution in [0.5, 0.6) is 0 Å². The molecule has 0 rings (SSSR count). The van der Waals surface area contributed by atoms with Crippen LogP contribution in [0.2, 0.25) is 0 Å². The minimum absolute atomic E-state index is 0.211. The van der Waals surface area contributed by atoms with Crippen molar-refractivity contribution < 1.29 is 14.7 Å². The molecule has 0 saturated carbocycles. The number of carboxylic acids is 1. The number of nitrogens with zero attached hydrogens (tertiary/aromatic N) is 1. The zero-order valence-corrected chi connectivity index (χ0v) is 8.98. The first-order valence-corrected chi connectivity index (χ1v) is 4.90.